The maximum absolute atomic E-state index is 12.3. The van der Waals surface area contributed by atoms with Gasteiger partial charge in [0.1, 0.15) is 17.7 Å². The Morgan fingerprint density at radius 2 is 1.90 bits per heavy atom. The van der Waals surface area contributed by atoms with Crippen LogP contribution in [0, 0.1) is 10.1 Å². The minimum Gasteiger partial charge on any atom is -0.460 e. The number of nitrogens with zero attached hydrogens (tertiary/aromatic N) is 2. The van der Waals surface area contributed by atoms with Crippen molar-refractivity contribution in [2.45, 2.75) is 19.7 Å². The second-order valence-corrected chi connectivity index (χ2v) is 5.35. The molecule has 0 saturated carbocycles. The first-order valence-electron chi connectivity index (χ1n) is 7.96. The van der Waals surface area contributed by atoms with Gasteiger partial charge in [-0.1, -0.05) is 6.07 Å². The molecule has 0 bridgehead atoms. The molecule has 29 heavy (non-hydrogen) atoms. The van der Waals surface area contributed by atoms with E-state index in [-0.39, 0.29) is 23.8 Å². The fourth-order valence-electron chi connectivity index (χ4n) is 2.14. The van der Waals surface area contributed by atoms with Crippen LogP contribution in [0.15, 0.2) is 36.5 Å². The van der Waals surface area contributed by atoms with Gasteiger partial charge in [0.25, 0.3) is 5.69 Å². The molecule has 1 heterocycles. The summed E-state index contributed by atoms with van der Waals surface area (Å²) in [4.78, 5) is 37.3. The van der Waals surface area contributed by atoms with Crippen LogP contribution in [0.3, 0.4) is 0 Å². The average Bonchev–Trinajstić information content (AvgIpc) is 2.60. The van der Waals surface area contributed by atoms with E-state index in [4.69, 9.17) is 4.74 Å². The zero-order chi connectivity index (χ0) is 21.6. The molecular weight excluding hydrogens is 401 g/mol. The number of hydrogen-bond donors (Lipinski definition) is 0. The van der Waals surface area contributed by atoms with Crippen molar-refractivity contribution >= 4 is 17.4 Å². The van der Waals surface area contributed by atoms with Crippen molar-refractivity contribution in [1.82, 2.24) is 4.98 Å². The minimum absolute atomic E-state index is 0.0479. The van der Waals surface area contributed by atoms with Crippen LogP contribution >= 0.6 is 0 Å². The quantitative estimate of drug-likeness (QED) is 0.279. The highest BCUT2D eigenvalue weighted by Gasteiger charge is 2.31. The van der Waals surface area contributed by atoms with Crippen molar-refractivity contribution in [1.29, 1.82) is 0 Å². The summed E-state index contributed by atoms with van der Waals surface area (Å²) in [5.74, 6) is -3.07. The zero-order valence-electron chi connectivity index (χ0n) is 14.8. The van der Waals surface area contributed by atoms with Gasteiger partial charge in [0.2, 0.25) is 11.7 Å². The molecule has 1 aromatic carbocycles. The highest BCUT2D eigenvalue weighted by molar-refractivity contribution is 6.34. The van der Waals surface area contributed by atoms with Crippen molar-refractivity contribution < 1.29 is 41.9 Å². The number of nitro groups is 1. The lowest BCUT2D eigenvalue weighted by atomic mass is 10.1. The molecule has 0 aliphatic rings. The number of benzene rings is 1. The predicted molar refractivity (Wildman–Crippen MR) is 89.4 cm³/mol. The van der Waals surface area contributed by atoms with Crippen LogP contribution in [0.2, 0.25) is 0 Å². The Morgan fingerprint density at radius 3 is 2.52 bits per heavy atom. The van der Waals surface area contributed by atoms with Crippen LogP contribution in [0.4, 0.5) is 18.9 Å². The summed E-state index contributed by atoms with van der Waals surface area (Å²) in [6, 6.07) is 5.54. The van der Waals surface area contributed by atoms with Gasteiger partial charge in [0.05, 0.1) is 18.0 Å². The Balaban J connectivity index is 2.26. The largest absolute Gasteiger partial charge is 0.573 e. The number of rotatable bonds is 8. The number of carbonyl (C=O) groups excluding carboxylic acids is 2. The number of halogens is 3. The molecular formula is C17H13F3N2O7. The van der Waals surface area contributed by atoms with Gasteiger partial charge in [-0.25, -0.2) is 9.78 Å². The Labute approximate surface area is 161 Å². The second kappa shape index (κ2) is 8.99. The van der Waals surface area contributed by atoms with Crippen LogP contribution in [-0.2, 0) is 20.7 Å². The van der Waals surface area contributed by atoms with E-state index in [0.29, 0.717) is 0 Å². The molecule has 0 amide bonds. The third-order valence-corrected chi connectivity index (χ3v) is 3.25. The van der Waals surface area contributed by atoms with Gasteiger partial charge in [-0.15, -0.1) is 13.2 Å². The zero-order valence-corrected chi connectivity index (χ0v) is 14.8. The van der Waals surface area contributed by atoms with E-state index in [2.05, 4.69) is 14.5 Å². The van der Waals surface area contributed by atoms with Crippen molar-refractivity contribution in [3.05, 3.63) is 52.2 Å². The van der Waals surface area contributed by atoms with Crippen LogP contribution in [0.1, 0.15) is 12.5 Å². The monoisotopic (exact) mass is 414 g/mol. The standard InChI is InChI=1S/C17H13F3N2O7/c1-2-27-16(24)14(23)6-10-7-15(21-9-13(10)22(25)26)28-11-4-3-5-12(8-11)29-17(18,19)20/h3-5,7-9H,2,6H2,1H3. The Morgan fingerprint density at radius 1 is 1.21 bits per heavy atom. The molecule has 0 aliphatic heterocycles. The van der Waals surface area contributed by atoms with E-state index in [1.165, 1.54) is 19.1 Å². The van der Waals surface area contributed by atoms with Gasteiger partial charge >= 0.3 is 12.3 Å². The smallest absolute Gasteiger partial charge is 0.460 e. The first kappa shape index (κ1) is 21.6. The van der Waals surface area contributed by atoms with Gasteiger partial charge in [-0.2, -0.15) is 0 Å². The summed E-state index contributed by atoms with van der Waals surface area (Å²) in [5.41, 5.74) is -0.718. The fraction of sp³-hybridized carbons (Fsp3) is 0.235. The Hall–Kier alpha value is -3.70. The highest BCUT2D eigenvalue weighted by Crippen LogP contribution is 2.30. The first-order valence-corrected chi connectivity index (χ1v) is 7.96. The lowest BCUT2D eigenvalue weighted by molar-refractivity contribution is -0.385. The maximum atomic E-state index is 12.3. The number of esters is 1. The van der Waals surface area contributed by atoms with Crippen LogP contribution < -0.4 is 9.47 Å². The molecule has 0 spiro atoms. The van der Waals surface area contributed by atoms with E-state index in [0.717, 1.165) is 24.4 Å². The number of Topliss-reactive ketones (excluding diaryl/α,β-unsaturated/α-hetero) is 1. The molecule has 0 fully saturated rings. The van der Waals surface area contributed by atoms with Crippen LogP contribution in [0.25, 0.3) is 0 Å². The summed E-state index contributed by atoms with van der Waals surface area (Å²) in [6.07, 6.45) is -4.74. The topological polar surface area (TPSA) is 118 Å². The average molecular weight is 414 g/mol. The molecule has 0 unspecified atom stereocenters. The first-order chi connectivity index (χ1) is 13.6. The third kappa shape index (κ3) is 6.45. The molecule has 154 valence electrons. The normalized spacial score (nSPS) is 10.9. The Kier molecular flexibility index (Phi) is 6.70. The molecule has 0 radical (unpaired) electrons. The molecule has 2 rings (SSSR count). The van der Waals surface area contributed by atoms with Crippen LogP contribution in [0.5, 0.6) is 17.4 Å². The summed E-state index contributed by atoms with van der Waals surface area (Å²) in [6.45, 7) is 1.44. The molecule has 0 N–H and O–H groups in total. The number of hydrogen-bond acceptors (Lipinski definition) is 8. The molecule has 0 aliphatic carbocycles. The SMILES string of the molecule is CCOC(=O)C(=O)Cc1cc(Oc2cccc(OC(F)(F)F)c2)ncc1[N+](=O)[O-]. The van der Waals surface area contributed by atoms with Gasteiger partial charge in [-0.3, -0.25) is 14.9 Å². The van der Waals surface area contributed by atoms with E-state index < -0.39 is 40.9 Å². The summed E-state index contributed by atoms with van der Waals surface area (Å²) >= 11 is 0. The molecule has 2 aromatic rings. The minimum atomic E-state index is -4.90. The fourth-order valence-corrected chi connectivity index (χ4v) is 2.14. The number of pyridine rings is 1. The molecule has 1 aromatic heterocycles. The van der Waals surface area contributed by atoms with Crippen molar-refractivity contribution in [3.63, 3.8) is 0 Å². The highest BCUT2D eigenvalue weighted by atomic mass is 19.4. The summed E-state index contributed by atoms with van der Waals surface area (Å²) < 4.78 is 50.5. The number of ether oxygens (including phenoxy) is 3. The maximum Gasteiger partial charge on any atom is 0.573 e. The van der Waals surface area contributed by atoms with E-state index in [1.807, 2.05) is 0 Å². The summed E-state index contributed by atoms with van der Waals surface area (Å²) in [5, 5.41) is 11.1. The van der Waals surface area contributed by atoms with Gasteiger partial charge in [-0.05, 0) is 19.1 Å². The third-order valence-electron chi connectivity index (χ3n) is 3.25. The number of aromatic nitrogens is 1. The molecule has 0 atom stereocenters. The predicted octanol–water partition coefficient (Wildman–Crippen LogP) is 3.36. The number of alkyl halides is 3. The van der Waals surface area contributed by atoms with E-state index >= 15 is 0 Å². The van der Waals surface area contributed by atoms with Crippen molar-refractivity contribution in [2.24, 2.45) is 0 Å². The van der Waals surface area contributed by atoms with Gasteiger partial charge in [0, 0.05) is 17.7 Å². The van der Waals surface area contributed by atoms with Crippen molar-refractivity contribution in [3.8, 4) is 17.4 Å². The van der Waals surface area contributed by atoms with Crippen LogP contribution in [-0.4, -0.2) is 34.6 Å². The van der Waals surface area contributed by atoms with E-state index in [1.54, 1.807) is 0 Å². The van der Waals surface area contributed by atoms with Crippen molar-refractivity contribution in [2.75, 3.05) is 6.61 Å². The lowest BCUT2D eigenvalue weighted by Gasteiger charge is -2.11. The number of carbonyl (C=O) groups is 2. The van der Waals surface area contributed by atoms with Gasteiger partial charge in [0.15, 0.2) is 0 Å². The molecule has 0 saturated heterocycles. The molecule has 12 heteroatoms. The lowest BCUT2D eigenvalue weighted by Crippen LogP contribution is -2.20. The Bertz CT molecular complexity index is 931. The second-order valence-electron chi connectivity index (χ2n) is 5.35. The van der Waals surface area contributed by atoms with E-state index in [9.17, 15) is 32.9 Å². The van der Waals surface area contributed by atoms with Gasteiger partial charge < -0.3 is 14.2 Å². The number of ketones is 1. The summed E-state index contributed by atoms with van der Waals surface area (Å²) in [7, 11) is 0. The molecule has 9 nitrogen and oxygen atoms in total.